The van der Waals surface area contributed by atoms with E-state index in [1.165, 1.54) is 19.3 Å². The van der Waals surface area contributed by atoms with Crippen molar-refractivity contribution >= 4 is 0 Å². The van der Waals surface area contributed by atoms with Gasteiger partial charge >= 0.3 is 0 Å². The lowest BCUT2D eigenvalue weighted by Crippen LogP contribution is -2.20. The van der Waals surface area contributed by atoms with Crippen molar-refractivity contribution in [3.8, 4) is 5.88 Å². The second-order valence-electron chi connectivity index (χ2n) is 5.04. The number of aromatic hydroxyl groups is 1. The van der Waals surface area contributed by atoms with Crippen molar-refractivity contribution in [3.63, 3.8) is 0 Å². The summed E-state index contributed by atoms with van der Waals surface area (Å²) in [6, 6.07) is 0. The molecule has 2 rings (SSSR count). The molecule has 2 atom stereocenters. The Hall–Kier alpha value is -1.32. The maximum absolute atomic E-state index is 11.6. The van der Waals surface area contributed by atoms with E-state index < -0.39 is 0 Å². The molecular formula is C13H20N2O2. The number of nitrogens with one attached hydrogen (secondary N) is 1. The van der Waals surface area contributed by atoms with Gasteiger partial charge in [0, 0.05) is 5.92 Å². The molecule has 0 aliphatic heterocycles. The number of H-pyrrole nitrogens is 1. The molecule has 1 aliphatic rings. The van der Waals surface area contributed by atoms with E-state index in [2.05, 4.69) is 16.9 Å². The summed E-state index contributed by atoms with van der Waals surface area (Å²) in [5, 5.41) is 9.60. The highest BCUT2D eigenvalue weighted by atomic mass is 16.3. The van der Waals surface area contributed by atoms with E-state index in [0.29, 0.717) is 17.3 Å². The largest absolute Gasteiger partial charge is 0.493 e. The Morgan fingerprint density at radius 2 is 2.24 bits per heavy atom. The third-order valence-electron chi connectivity index (χ3n) is 3.89. The lowest BCUT2D eigenvalue weighted by Gasteiger charge is -2.27. The van der Waals surface area contributed by atoms with Crippen LogP contribution in [0.4, 0.5) is 0 Å². The maximum atomic E-state index is 11.6. The minimum absolute atomic E-state index is 0.123. The van der Waals surface area contributed by atoms with Gasteiger partial charge in [-0.25, -0.2) is 0 Å². The number of nitrogens with zero attached hydrogens (tertiary/aromatic N) is 1. The fourth-order valence-corrected chi connectivity index (χ4v) is 2.64. The molecule has 94 valence electrons. The molecule has 1 aromatic heterocycles. The van der Waals surface area contributed by atoms with Crippen molar-refractivity contribution < 1.29 is 5.11 Å². The van der Waals surface area contributed by atoms with Gasteiger partial charge in [0.15, 0.2) is 0 Å². The van der Waals surface area contributed by atoms with E-state index >= 15 is 0 Å². The van der Waals surface area contributed by atoms with E-state index in [9.17, 15) is 9.90 Å². The van der Waals surface area contributed by atoms with Crippen molar-refractivity contribution in [2.24, 2.45) is 5.92 Å². The number of hydrogen-bond donors (Lipinski definition) is 2. The molecule has 1 aliphatic carbocycles. The number of hydrogen-bond acceptors (Lipinski definition) is 3. The Bertz CT molecular complexity index is 453. The Balaban J connectivity index is 2.25. The second kappa shape index (κ2) is 4.90. The molecule has 1 fully saturated rings. The van der Waals surface area contributed by atoms with Crippen LogP contribution in [0.15, 0.2) is 4.79 Å². The van der Waals surface area contributed by atoms with Crippen LogP contribution in [0.1, 0.15) is 56.3 Å². The molecule has 0 spiro atoms. The van der Waals surface area contributed by atoms with Gasteiger partial charge < -0.3 is 10.1 Å². The van der Waals surface area contributed by atoms with Crippen molar-refractivity contribution in [1.82, 2.24) is 9.97 Å². The van der Waals surface area contributed by atoms with Gasteiger partial charge in [-0.3, -0.25) is 4.79 Å². The van der Waals surface area contributed by atoms with Crippen molar-refractivity contribution in [2.45, 2.75) is 51.9 Å². The summed E-state index contributed by atoms with van der Waals surface area (Å²) in [4.78, 5) is 18.5. The van der Waals surface area contributed by atoms with Crippen LogP contribution in [0.3, 0.4) is 0 Å². The number of rotatable bonds is 2. The summed E-state index contributed by atoms with van der Waals surface area (Å²) >= 11 is 0. The fourth-order valence-electron chi connectivity index (χ4n) is 2.64. The first-order valence-electron chi connectivity index (χ1n) is 6.41. The van der Waals surface area contributed by atoms with Crippen LogP contribution < -0.4 is 5.56 Å². The SMILES string of the molecule is CCC1CCCC(c2nc(O)c(C)c(=O)[nH]2)C1. The van der Waals surface area contributed by atoms with Crippen molar-refractivity contribution in [1.29, 1.82) is 0 Å². The van der Waals surface area contributed by atoms with Crippen LogP contribution in [0.2, 0.25) is 0 Å². The molecule has 17 heavy (non-hydrogen) atoms. The summed E-state index contributed by atoms with van der Waals surface area (Å²) in [7, 11) is 0. The summed E-state index contributed by atoms with van der Waals surface area (Å²) in [5.74, 6) is 1.56. The molecule has 0 aromatic carbocycles. The first-order valence-corrected chi connectivity index (χ1v) is 6.41. The zero-order valence-corrected chi connectivity index (χ0v) is 10.5. The second-order valence-corrected chi connectivity index (χ2v) is 5.04. The molecule has 1 saturated carbocycles. The van der Waals surface area contributed by atoms with Gasteiger partial charge in [0.1, 0.15) is 5.82 Å². The average Bonchev–Trinajstić information content (AvgIpc) is 2.35. The molecule has 0 amide bonds. The summed E-state index contributed by atoms with van der Waals surface area (Å²) < 4.78 is 0. The third kappa shape index (κ3) is 2.51. The third-order valence-corrected chi connectivity index (χ3v) is 3.89. The quantitative estimate of drug-likeness (QED) is 0.829. The van der Waals surface area contributed by atoms with Crippen LogP contribution in [0.25, 0.3) is 0 Å². The average molecular weight is 236 g/mol. The van der Waals surface area contributed by atoms with Crippen LogP contribution in [-0.2, 0) is 0 Å². The maximum Gasteiger partial charge on any atom is 0.257 e. The Morgan fingerprint density at radius 3 is 2.88 bits per heavy atom. The topological polar surface area (TPSA) is 66.0 Å². The highest BCUT2D eigenvalue weighted by Gasteiger charge is 2.24. The smallest absolute Gasteiger partial charge is 0.257 e. The predicted molar refractivity (Wildman–Crippen MR) is 66.2 cm³/mol. The molecule has 1 heterocycles. The van der Waals surface area contributed by atoms with E-state index in [1.54, 1.807) is 6.92 Å². The van der Waals surface area contributed by atoms with Gasteiger partial charge in [0.05, 0.1) is 5.56 Å². The van der Waals surface area contributed by atoms with E-state index in [-0.39, 0.29) is 11.4 Å². The fraction of sp³-hybridized carbons (Fsp3) is 0.692. The number of aromatic nitrogens is 2. The van der Waals surface area contributed by atoms with Gasteiger partial charge in [-0.15, -0.1) is 0 Å². The van der Waals surface area contributed by atoms with Crippen molar-refractivity contribution in [2.75, 3.05) is 0 Å². The Kier molecular flexibility index (Phi) is 3.50. The summed E-state index contributed by atoms with van der Waals surface area (Å²) in [5.41, 5.74) is 0.0859. The normalized spacial score (nSPS) is 24.8. The Labute approximate surface area is 101 Å². The van der Waals surface area contributed by atoms with E-state index in [4.69, 9.17) is 0 Å². The monoisotopic (exact) mass is 236 g/mol. The van der Waals surface area contributed by atoms with Crippen LogP contribution in [0.5, 0.6) is 5.88 Å². The first kappa shape index (κ1) is 12.1. The minimum Gasteiger partial charge on any atom is -0.493 e. The predicted octanol–water partition coefficient (Wildman–Crippen LogP) is 2.47. The molecule has 4 nitrogen and oxygen atoms in total. The van der Waals surface area contributed by atoms with Crippen LogP contribution in [0, 0.1) is 12.8 Å². The van der Waals surface area contributed by atoms with Gasteiger partial charge in [-0.05, 0) is 25.7 Å². The zero-order chi connectivity index (χ0) is 12.4. The van der Waals surface area contributed by atoms with E-state index in [1.807, 2.05) is 0 Å². The molecule has 0 saturated heterocycles. The highest BCUT2D eigenvalue weighted by Crippen LogP contribution is 2.36. The van der Waals surface area contributed by atoms with Gasteiger partial charge in [0.25, 0.3) is 5.56 Å². The van der Waals surface area contributed by atoms with E-state index in [0.717, 1.165) is 18.8 Å². The van der Waals surface area contributed by atoms with Gasteiger partial charge in [-0.2, -0.15) is 4.98 Å². The Morgan fingerprint density at radius 1 is 1.47 bits per heavy atom. The molecular weight excluding hydrogens is 216 g/mol. The molecule has 0 bridgehead atoms. The van der Waals surface area contributed by atoms with Crippen LogP contribution >= 0.6 is 0 Å². The highest BCUT2D eigenvalue weighted by molar-refractivity contribution is 5.21. The standard InChI is InChI=1S/C13H20N2O2/c1-3-9-5-4-6-10(7-9)11-14-12(16)8(2)13(17)15-11/h9-10H,3-7H2,1-2H3,(H2,14,15,16,17). The van der Waals surface area contributed by atoms with Gasteiger partial charge in [-0.1, -0.05) is 26.2 Å². The minimum atomic E-state index is -0.217. The molecule has 4 heteroatoms. The molecule has 2 N–H and O–H groups in total. The first-order chi connectivity index (χ1) is 8.11. The van der Waals surface area contributed by atoms with Gasteiger partial charge in [0.2, 0.25) is 5.88 Å². The lowest BCUT2D eigenvalue weighted by molar-refractivity contribution is 0.304. The molecule has 2 unspecified atom stereocenters. The molecule has 0 radical (unpaired) electrons. The summed E-state index contributed by atoms with van der Waals surface area (Å²) in [6.07, 6.45) is 5.76. The lowest BCUT2D eigenvalue weighted by atomic mass is 9.80. The number of aromatic amines is 1. The molecule has 1 aromatic rings. The van der Waals surface area contributed by atoms with Crippen molar-refractivity contribution in [3.05, 3.63) is 21.7 Å². The summed E-state index contributed by atoms with van der Waals surface area (Å²) in [6.45, 7) is 3.79. The van der Waals surface area contributed by atoms with Crippen LogP contribution in [-0.4, -0.2) is 15.1 Å². The zero-order valence-electron chi connectivity index (χ0n) is 10.5.